The summed E-state index contributed by atoms with van der Waals surface area (Å²) in [5, 5.41) is 12.5. The van der Waals surface area contributed by atoms with Gasteiger partial charge in [0, 0.05) is 11.8 Å². The highest BCUT2D eigenvalue weighted by molar-refractivity contribution is 5.99. The van der Waals surface area contributed by atoms with E-state index in [0.717, 1.165) is 11.1 Å². The fraction of sp³-hybridized carbons (Fsp3) is 0.105. The maximum absolute atomic E-state index is 10.1. The molecule has 0 aliphatic carbocycles. The number of aliphatic imine (C=N–C) groups is 1. The topological polar surface area (TPSA) is 32.6 Å². The van der Waals surface area contributed by atoms with Gasteiger partial charge in [0.15, 0.2) is 0 Å². The summed E-state index contributed by atoms with van der Waals surface area (Å²) in [4.78, 5) is 4.39. The summed E-state index contributed by atoms with van der Waals surface area (Å²) in [7, 11) is 0. The van der Waals surface area contributed by atoms with Crippen LogP contribution in [-0.2, 0) is 0 Å². The highest BCUT2D eigenvalue weighted by atomic mass is 16.3. The minimum Gasteiger partial charge on any atom is -0.386 e. The third kappa shape index (κ3) is 3.18. The average molecular weight is 275 g/mol. The molecular formula is C19H17NO. The zero-order chi connectivity index (χ0) is 14.5. The molecule has 0 bridgehead atoms. The second kappa shape index (κ2) is 6.33. The van der Waals surface area contributed by atoms with Crippen LogP contribution in [0.1, 0.15) is 17.2 Å². The third-order valence-corrected chi connectivity index (χ3v) is 3.52. The van der Waals surface area contributed by atoms with Crippen molar-refractivity contribution in [3.63, 3.8) is 0 Å². The quantitative estimate of drug-likeness (QED) is 0.717. The second-order valence-electron chi connectivity index (χ2n) is 4.99. The minimum absolute atomic E-state index is 0.368. The Morgan fingerprint density at radius 1 is 0.857 bits per heavy atom. The first-order valence-corrected chi connectivity index (χ1v) is 7.05. The average Bonchev–Trinajstić information content (AvgIpc) is 2.56. The van der Waals surface area contributed by atoms with E-state index >= 15 is 0 Å². The van der Waals surface area contributed by atoms with Crippen molar-refractivity contribution in [2.24, 2.45) is 4.99 Å². The molecule has 0 aromatic heterocycles. The molecule has 1 atom stereocenters. The lowest BCUT2D eigenvalue weighted by atomic mass is 10.1. The zero-order valence-electron chi connectivity index (χ0n) is 11.7. The summed E-state index contributed by atoms with van der Waals surface area (Å²) in [6, 6.07) is 24.0. The molecule has 2 nitrogen and oxygen atoms in total. The Morgan fingerprint density at radius 3 is 2.43 bits per heavy atom. The summed E-state index contributed by atoms with van der Waals surface area (Å²) in [6.07, 6.45) is 1.28. The molecule has 1 unspecified atom stereocenters. The molecule has 3 aromatic carbocycles. The molecule has 0 saturated heterocycles. The van der Waals surface area contributed by atoms with Gasteiger partial charge in [0.05, 0.1) is 12.6 Å². The van der Waals surface area contributed by atoms with Gasteiger partial charge in [-0.25, -0.2) is 0 Å². The molecule has 0 aliphatic heterocycles. The van der Waals surface area contributed by atoms with Gasteiger partial charge >= 0.3 is 0 Å². The van der Waals surface area contributed by atoms with Gasteiger partial charge in [-0.1, -0.05) is 72.8 Å². The predicted molar refractivity (Wildman–Crippen MR) is 87.8 cm³/mol. The van der Waals surface area contributed by atoms with Crippen LogP contribution in [0.2, 0.25) is 0 Å². The van der Waals surface area contributed by atoms with Gasteiger partial charge in [-0.3, -0.25) is 4.99 Å². The predicted octanol–water partition coefficient (Wildman–Crippen LogP) is 3.99. The normalized spacial score (nSPS) is 12.8. The van der Waals surface area contributed by atoms with E-state index in [1.165, 1.54) is 10.8 Å². The Labute approximate surface area is 124 Å². The van der Waals surface area contributed by atoms with Crippen molar-refractivity contribution in [1.82, 2.24) is 0 Å². The number of hydrogen-bond donors (Lipinski definition) is 1. The third-order valence-electron chi connectivity index (χ3n) is 3.52. The van der Waals surface area contributed by atoms with Crippen molar-refractivity contribution < 1.29 is 5.11 Å². The maximum Gasteiger partial charge on any atom is 0.0985 e. The van der Waals surface area contributed by atoms with E-state index in [2.05, 4.69) is 23.2 Å². The van der Waals surface area contributed by atoms with Crippen LogP contribution in [0, 0.1) is 0 Å². The largest absolute Gasteiger partial charge is 0.386 e. The Balaban J connectivity index is 1.76. The second-order valence-corrected chi connectivity index (χ2v) is 4.99. The fourth-order valence-corrected chi connectivity index (χ4v) is 2.39. The Hall–Kier alpha value is -2.45. The van der Waals surface area contributed by atoms with Crippen molar-refractivity contribution in [2.75, 3.05) is 6.54 Å². The Bertz CT molecular complexity index is 744. The summed E-state index contributed by atoms with van der Waals surface area (Å²) < 4.78 is 0. The van der Waals surface area contributed by atoms with Gasteiger partial charge < -0.3 is 5.11 Å². The molecule has 2 heteroatoms. The Kier molecular flexibility index (Phi) is 4.08. The van der Waals surface area contributed by atoms with Crippen LogP contribution in [0.25, 0.3) is 10.8 Å². The van der Waals surface area contributed by atoms with E-state index in [0.29, 0.717) is 6.54 Å². The minimum atomic E-state index is -0.558. The van der Waals surface area contributed by atoms with E-state index in [4.69, 9.17) is 0 Å². The summed E-state index contributed by atoms with van der Waals surface area (Å²) in [6.45, 7) is 0.368. The molecular weight excluding hydrogens is 258 g/mol. The van der Waals surface area contributed by atoms with E-state index < -0.39 is 6.10 Å². The lowest BCUT2D eigenvalue weighted by Gasteiger charge is -2.07. The van der Waals surface area contributed by atoms with E-state index in [1.54, 1.807) is 0 Å². The molecule has 3 rings (SSSR count). The van der Waals surface area contributed by atoms with Crippen molar-refractivity contribution >= 4 is 17.0 Å². The molecule has 0 amide bonds. The van der Waals surface area contributed by atoms with Gasteiger partial charge in [0.1, 0.15) is 0 Å². The van der Waals surface area contributed by atoms with Crippen LogP contribution >= 0.6 is 0 Å². The van der Waals surface area contributed by atoms with Gasteiger partial charge in [0.2, 0.25) is 0 Å². The molecule has 0 saturated carbocycles. The van der Waals surface area contributed by atoms with Crippen LogP contribution < -0.4 is 0 Å². The van der Waals surface area contributed by atoms with E-state index in [-0.39, 0.29) is 0 Å². The molecule has 0 heterocycles. The summed E-state index contributed by atoms with van der Waals surface area (Å²) in [5.74, 6) is 0. The number of aliphatic hydroxyl groups is 1. The molecule has 0 radical (unpaired) electrons. The number of benzene rings is 3. The van der Waals surface area contributed by atoms with Crippen molar-refractivity contribution in [1.29, 1.82) is 0 Å². The zero-order valence-corrected chi connectivity index (χ0v) is 11.7. The standard InChI is InChI=1S/C19H17NO/c21-19(16-8-2-1-3-9-16)14-20-13-17-11-6-10-15-7-4-5-12-18(15)17/h1-13,19,21H,14H2. The summed E-state index contributed by atoms with van der Waals surface area (Å²) in [5.41, 5.74) is 1.97. The van der Waals surface area contributed by atoms with Crippen molar-refractivity contribution in [2.45, 2.75) is 6.10 Å². The number of hydrogen-bond acceptors (Lipinski definition) is 2. The van der Waals surface area contributed by atoms with Gasteiger partial charge in [-0.05, 0) is 16.3 Å². The lowest BCUT2D eigenvalue weighted by Crippen LogP contribution is -2.01. The number of aliphatic hydroxyl groups excluding tert-OH is 1. The molecule has 21 heavy (non-hydrogen) atoms. The molecule has 0 fully saturated rings. The van der Waals surface area contributed by atoms with Crippen molar-refractivity contribution in [3.8, 4) is 0 Å². The molecule has 104 valence electrons. The number of rotatable bonds is 4. The molecule has 0 aliphatic rings. The number of nitrogens with zero attached hydrogens (tertiary/aromatic N) is 1. The summed E-state index contributed by atoms with van der Waals surface area (Å²) >= 11 is 0. The van der Waals surface area contributed by atoms with Gasteiger partial charge in [-0.2, -0.15) is 0 Å². The first kappa shape index (κ1) is 13.5. The van der Waals surface area contributed by atoms with Crippen molar-refractivity contribution in [3.05, 3.63) is 83.9 Å². The Morgan fingerprint density at radius 2 is 1.57 bits per heavy atom. The smallest absolute Gasteiger partial charge is 0.0985 e. The lowest BCUT2D eigenvalue weighted by molar-refractivity contribution is 0.187. The first-order valence-electron chi connectivity index (χ1n) is 7.05. The van der Waals surface area contributed by atoms with E-state index in [1.807, 2.05) is 60.8 Å². The van der Waals surface area contributed by atoms with Gasteiger partial charge in [-0.15, -0.1) is 0 Å². The monoisotopic (exact) mass is 275 g/mol. The van der Waals surface area contributed by atoms with Crippen LogP contribution in [0.5, 0.6) is 0 Å². The maximum atomic E-state index is 10.1. The highest BCUT2D eigenvalue weighted by Crippen LogP contribution is 2.17. The van der Waals surface area contributed by atoms with Crippen LogP contribution in [0.4, 0.5) is 0 Å². The van der Waals surface area contributed by atoms with Crippen LogP contribution in [-0.4, -0.2) is 17.9 Å². The first-order chi connectivity index (χ1) is 10.3. The molecule has 1 N–H and O–H groups in total. The van der Waals surface area contributed by atoms with Crippen LogP contribution in [0.3, 0.4) is 0 Å². The molecule has 3 aromatic rings. The van der Waals surface area contributed by atoms with E-state index in [9.17, 15) is 5.11 Å². The SMILES string of the molecule is OC(CN=Cc1cccc2ccccc12)c1ccccc1. The van der Waals surface area contributed by atoms with Crippen LogP contribution in [0.15, 0.2) is 77.8 Å². The van der Waals surface area contributed by atoms with Gasteiger partial charge in [0.25, 0.3) is 0 Å². The fourth-order valence-electron chi connectivity index (χ4n) is 2.39. The highest BCUT2D eigenvalue weighted by Gasteiger charge is 2.04. The molecule has 0 spiro atoms. The number of fused-ring (bicyclic) bond motifs is 1.